The van der Waals surface area contributed by atoms with Crippen molar-refractivity contribution in [3.63, 3.8) is 0 Å². The molecule has 0 radical (unpaired) electrons. The van der Waals surface area contributed by atoms with Crippen LogP contribution >= 0.6 is 0 Å². The van der Waals surface area contributed by atoms with Crippen molar-refractivity contribution in [3.8, 4) is 0 Å². The van der Waals surface area contributed by atoms with Gasteiger partial charge in [0.25, 0.3) is 0 Å². The van der Waals surface area contributed by atoms with E-state index in [2.05, 4.69) is 34.1 Å². The summed E-state index contributed by atoms with van der Waals surface area (Å²) in [4.78, 5) is 6.58. The van der Waals surface area contributed by atoms with Gasteiger partial charge in [-0.15, -0.1) is 0 Å². The molecule has 0 fully saturated rings. The molecule has 2 nitrogen and oxygen atoms in total. The van der Waals surface area contributed by atoms with E-state index in [9.17, 15) is 0 Å². The third kappa shape index (κ3) is 1.55. The highest BCUT2D eigenvalue weighted by Crippen LogP contribution is 2.19. The molecule has 0 aliphatic rings. The van der Waals surface area contributed by atoms with Crippen molar-refractivity contribution in [2.45, 2.75) is 6.92 Å². The third-order valence-corrected chi connectivity index (χ3v) is 2.33. The minimum atomic E-state index is 1.06. The maximum atomic E-state index is 4.49. The third-order valence-electron chi connectivity index (χ3n) is 2.33. The summed E-state index contributed by atoms with van der Waals surface area (Å²) in [6.45, 7) is 2.02. The minimum Gasteiger partial charge on any atom is -0.378 e. The van der Waals surface area contributed by atoms with Crippen LogP contribution in [0.15, 0.2) is 30.3 Å². The molecule has 72 valence electrons. The highest BCUT2D eigenvalue weighted by molar-refractivity contribution is 5.82. The molecular formula is C12H14N2. The van der Waals surface area contributed by atoms with Crippen LogP contribution in [0.2, 0.25) is 0 Å². The Morgan fingerprint density at radius 1 is 1.07 bits per heavy atom. The molecule has 14 heavy (non-hydrogen) atoms. The van der Waals surface area contributed by atoms with E-state index in [-0.39, 0.29) is 0 Å². The number of aromatic nitrogens is 1. The Bertz CT molecular complexity index is 461. The lowest BCUT2D eigenvalue weighted by atomic mass is 10.2. The number of nitrogens with zero attached hydrogens (tertiary/aromatic N) is 2. The Balaban J connectivity index is 2.63. The molecule has 2 heteroatoms. The number of benzene rings is 1. The molecular weight excluding hydrogens is 172 g/mol. The van der Waals surface area contributed by atoms with Crippen molar-refractivity contribution < 1.29 is 0 Å². The van der Waals surface area contributed by atoms with Crippen LogP contribution < -0.4 is 4.90 Å². The van der Waals surface area contributed by atoms with Crippen LogP contribution in [0.3, 0.4) is 0 Å². The van der Waals surface area contributed by atoms with Crippen LogP contribution in [0.25, 0.3) is 10.9 Å². The zero-order chi connectivity index (χ0) is 10.1. The highest BCUT2D eigenvalue weighted by Gasteiger charge is 1.99. The van der Waals surface area contributed by atoms with Gasteiger partial charge in [-0.05, 0) is 25.1 Å². The van der Waals surface area contributed by atoms with E-state index in [4.69, 9.17) is 0 Å². The lowest BCUT2D eigenvalue weighted by Gasteiger charge is -2.12. The molecule has 1 heterocycles. The summed E-state index contributed by atoms with van der Waals surface area (Å²) in [6, 6.07) is 10.5. The molecule has 2 rings (SSSR count). The molecule has 0 saturated carbocycles. The summed E-state index contributed by atoms with van der Waals surface area (Å²) in [7, 11) is 4.08. The predicted molar refractivity (Wildman–Crippen MR) is 60.8 cm³/mol. The van der Waals surface area contributed by atoms with Gasteiger partial charge in [0.2, 0.25) is 0 Å². The second kappa shape index (κ2) is 3.29. The number of aryl methyl sites for hydroxylation is 1. The largest absolute Gasteiger partial charge is 0.378 e. The number of hydrogen-bond donors (Lipinski definition) is 0. The highest BCUT2D eigenvalue weighted by atomic mass is 15.1. The van der Waals surface area contributed by atoms with E-state index >= 15 is 0 Å². The first kappa shape index (κ1) is 9.00. The average Bonchev–Trinajstić information content (AvgIpc) is 2.16. The molecule has 0 bridgehead atoms. The standard InChI is InChI=1S/C12H14N2/c1-9-4-5-10-6-7-11(14(2)3)8-12(10)13-9/h4-8H,1-3H3. The number of fused-ring (bicyclic) bond motifs is 1. The fraction of sp³-hybridized carbons (Fsp3) is 0.250. The molecule has 0 atom stereocenters. The average molecular weight is 186 g/mol. The monoisotopic (exact) mass is 186 g/mol. The summed E-state index contributed by atoms with van der Waals surface area (Å²) in [5.41, 5.74) is 3.32. The molecule has 0 saturated heterocycles. The summed E-state index contributed by atoms with van der Waals surface area (Å²) in [6.07, 6.45) is 0. The molecule has 0 aliphatic carbocycles. The molecule has 0 spiro atoms. The van der Waals surface area contributed by atoms with Crippen molar-refractivity contribution >= 4 is 16.6 Å². The summed E-state index contributed by atoms with van der Waals surface area (Å²) in [5.74, 6) is 0. The number of anilines is 1. The maximum absolute atomic E-state index is 4.49. The Kier molecular flexibility index (Phi) is 2.12. The Morgan fingerprint density at radius 3 is 2.50 bits per heavy atom. The van der Waals surface area contributed by atoms with E-state index < -0.39 is 0 Å². The van der Waals surface area contributed by atoms with Crippen molar-refractivity contribution in [3.05, 3.63) is 36.0 Å². The Hall–Kier alpha value is -1.57. The second-order valence-corrected chi connectivity index (χ2v) is 3.72. The van der Waals surface area contributed by atoms with Crippen LogP contribution in [0, 0.1) is 6.92 Å². The fourth-order valence-corrected chi connectivity index (χ4v) is 1.49. The Morgan fingerprint density at radius 2 is 1.79 bits per heavy atom. The fourth-order valence-electron chi connectivity index (χ4n) is 1.49. The van der Waals surface area contributed by atoms with Crippen LogP contribution in [-0.4, -0.2) is 19.1 Å². The van der Waals surface area contributed by atoms with Gasteiger partial charge in [0, 0.05) is 30.9 Å². The molecule has 2 aromatic rings. The van der Waals surface area contributed by atoms with Gasteiger partial charge in [-0.2, -0.15) is 0 Å². The van der Waals surface area contributed by atoms with Crippen LogP contribution in [0.4, 0.5) is 5.69 Å². The van der Waals surface area contributed by atoms with Crippen LogP contribution in [-0.2, 0) is 0 Å². The van der Waals surface area contributed by atoms with E-state index in [0.717, 1.165) is 11.2 Å². The van der Waals surface area contributed by atoms with Crippen molar-refractivity contribution in [1.29, 1.82) is 0 Å². The second-order valence-electron chi connectivity index (χ2n) is 3.72. The van der Waals surface area contributed by atoms with Gasteiger partial charge in [-0.25, -0.2) is 0 Å². The molecule has 0 N–H and O–H groups in total. The zero-order valence-electron chi connectivity index (χ0n) is 8.78. The van der Waals surface area contributed by atoms with Gasteiger partial charge in [0.1, 0.15) is 0 Å². The lowest BCUT2D eigenvalue weighted by molar-refractivity contribution is 1.13. The van der Waals surface area contributed by atoms with Gasteiger partial charge in [0.05, 0.1) is 5.52 Å². The summed E-state index contributed by atoms with van der Waals surface area (Å²) >= 11 is 0. The van der Waals surface area contributed by atoms with E-state index in [1.54, 1.807) is 0 Å². The molecule has 0 aliphatic heterocycles. The molecule has 0 unspecified atom stereocenters. The first-order valence-electron chi connectivity index (χ1n) is 4.71. The number of pyridine rings is 1. The van der Waals surface area contributed by atoms with Gasteiger partial charge in [0.15, 0.2) is 0 Å². The normalized spacial score (nSPS) is 10.5. The first-order chi connectivity index (χ1) is 6.66. The lowest BCUT2D eigenvalue weighted by Crippen LogP contribution is -2.08. The van der Waals surface area contributed by atoms with Gasteiger partial charge in [-0.1, -0.05) is 12.1 Å². The molecule has 0 amide bonds. The van der Waals surface area contributed by atoms with E-state index in [0.29, 0.717) is 0 Å². The summed E-state index contributed by atoms with van der Waals surface area (Å²) < 4.78 is 0. The first-order valence-corrected chi connectivity index (χ1v) is 4.71. The van der Waals surface area contributed by atoms with Crippen molar-refractivity contribution in [2.75, 3.05) is 19.0 Å². The smallest absolute Gasteiger partial charge is 0.0725 e. The van der Waals surface area contributed by atoms with Crippen molar-refractivity contribution in [2.24, 2.45) is 0 Å². The molecule has 1 aromatic carbocycles. The minimum absolute atomic E-state index is 1.06. The number of rotatable bonds is 1. The molecule has 1 aromatic heterocycles. The van der Waals surface area contributed by atoms with Crippen LogP contribution in [0.1, 0.15) is 5.69 Å². The predicted octanol–water partition coefficient (Wildman–Crippen LogP) is 2.61. The SMILES string of the molecule is Cc1ccc2ccc(N(C)C)cc2n1. The number of hydrogen-bond acceptors (Lipinski definition) is 2. The van der Waals surface area contributed by atoms with Gasteiger partial charge < -0.3 is 4.90 Å². The topological polar surface area (TPSA) is 16.1 Å². The maximum Gasteiger partial charge on any atom is 0.0725 e. The van der Waals surface area contributed by atoms with Gasteiger partial charge >= 0.3 is 0 Å². The quantitative estimate of drug-likeness (QED) is 0.680. The van der Waals surface area contributed by atoms with E-state index in [1.165, 1.54) is 11.1 Å². The summed E-state index contributed by atoms with van der Waals surface area (Å²) in [5, 5.41) is 1.20. The van der Waals surface area contributed by atoms with Crippen LogP contribution in [0.5, 0.6) is 0 Å². The van der Waals surface area contributed by atoms with E-state index in [1.807, 2.05) is 27.1 Å². The Labute approximate surface area is 84.2 Å². The zero-order valence-corrected chi connectivity index (χ0v) is 8.78. The van der Waals surface area contributed by atoms with Gasteiger partial charge in [-0.3, -0.25) is 4.98 Å². The van der Waals surface area contributed by atoms with Crippen molar-refractivity contribution in [1.82, 2.24) is 4.98 Å².